The highest BCUT2D eigenvalue weighted by molar-refractivity contribution is 7.89. The van der Waals surface area contributed by atoms with Crippen molar-refractivity contribution in [3.05, 3.63) is 36.3 Å². The average Bonchev–Trinajstić information content (AvgIpc) is 3.20. The van der Waals surface area contributed by atoms with Crippen molar-refractivity contribution in [3.63, 3.8) is 0 Å². The Labute approximate surface area is 136 Å². The summed E-state index contributed by atoms with van der Waals surface area (Å²) in [4.78, 5) is 4.46. The zero-order valence-electron chi connectivity index (χ0n) is 13.1. The van der Waals surface area contributed by atoms with Crippen LogP contribution in [-0.4, -0.2) is 47.1 Å². The van der Waals surface area contributed by atoms with E-state index in [2.05, 4.69) is 15.4 Å². The smallest absolute Gasteiger partial charge is 0.244 e. The number of aryl methyl sites for hydroxylation is 1. The zero-order valence-corrected chi connectivity index (χ0v) is 14.0. The molecule has 0 aliphatic carbocycles. The van der Waals surface area contributed by atoms with Gasteiger partial charge in [-0.15, -0.1) is 0 Å². The van der Waals surface area contributed by atoms with Gasteiger partial charge in [-0.05, 0) is 37.5 Å². The molecule has 2 aromatic heterocycles. The van der Waals surface area contributed by atoms with Gasteiger partial charge in [-0.1, -0.05) is 0 Å². The van der Waals surface area contributed by atoms with E-state index in [0.717, 1.165) is 24.9 Å². The lowest BCUT2D eigenvalue weighted by Gasteiger charge is -2.15. The topological polar surface area (TPSA) is 80.1 Å². The minimum absolute atomic E-state index is 0.257. The molecule has 1 aliphatic rings. The number of sulfonamides is 1. The number of anilines is 1. The first-order valence-electron chi connectivity index (χ1n) is 7.75. The lowest BCUT2D eigenvalue weighted by atomic mass is 10.4. The second kappa shape index (κ2) is 6.67. The lowest BCUT2D eigenvalue weighted by molar-refractivity contribution is 0.477. The number of pyridine rings is 1. The van der Waals surface area contributed by atoms with Crippen LogP contribution in [0.1, 0.15) is 18.4 Å². The molecular formula is C15H21N5O2S. The van der Waals surface area contributed by atoms with Crippen LogP contribution in [0.2, 0.25) is 0 Å². The van der Waals surface area contributed by atoms with Gasteiger partial charge in [0.15, 0.2) is 0 Å². The van der Waals surface area contributed by atoms with Gasteiger partial charge in [-0.2, -0.15) is 9.40 Å². The van der Waals surface area contributed by atoms with Crippen LogP contribution < -0.4 is 5.32 Å². The maximum Gasteiger partial charge on any atom is 0.244 e. The summed E-state index contributed by atoms with van der Waals surface area (Å²) in [5.41, 5.74) is 1.12. The first-order valence-corrected chi connectivity index (χ1v) is 9.19. The van der Waals surface area contributed by atoms with Crippen LogP contribution in [0, 0.1) is 6.92 Å². The van der Waals surface area contributed by atoms with Gasteiger partial charge in [0, 0.05) is 32.0 Å². The summed E-state index contributed by atoms with van der Waals surface area (Å²) >= 11 is 0. The highest BCUT2D eigenvalue weighted by Crippen LogP contribution is 2.20. The summed E-state index contributed by atoms with van der Waals surface area (Å²) in [5, 5.41) is 7.38. The maximum absolute atomic E-state index is 12.4. The minimum Gasteiger partial charge on any atom is -0.368 e. The first kappa shape index (κ1) is 15.9. The summed E-state index contributed by atoms with van der Waals surface area (Å²) in [6, 6.07) is 3.32. The molecule has 0 bridgehead atoms. The van der Waals surface area contributed by atoms with Crippen LogP contribution in [0.15, 0.2) is 35.6 Å². The third-order valence-corrected chi connectivity index (χ3v) is 5.73. The van der Waals surface area contributed by atoms with Gasteiger partial charge in [-0.25, -0.2) is 13.4 Å². The molecule has 0 unspecified atom stereocenters. The van der Waals surface area contributed by atoms with Gasteiger partial charge in [0.1, 0.15) is 10.7 Å². The zero-order chi connectivity index (χ0) is 16.3. The molecule has 1 saturated heterocycles. The second-order valence-corrected chi connectivity index (χ2v) is 7.64. The normalized spacial score (nSPS) is 15.9. The Balaban J connectivity index is 1.58. The van der Waals surface area contributed by atoms with Crippen molar-refractivity contribution < 1.29 is 8.42 Å². The molecule has 3 heterocycles. The maximum atomic E-state index is 12.4. The summed E-state index contributed by atoms with van der Waals surface area (Å²) < 4.78 is 28.2. The summed E-state index contributed by atoms with van der Waals surface area (Å²) in [5.74, 6) is 0.661. The van der Waals surface area contributed by atoms with Crippen molar-refractivity contribution in [2.24, 2.45) is 0 Å². The molecule has 0 radical (unpaired) electrons. The number of hydrogen-bond donors (Lipinski definition) is 1. The molecule has 0 amide bonds. The molecule has 0 saturated carbocycles. The average molecular weight is 335 g/mol. The Morgan fingerprint density at radius 2 is 2.00 bits per heavy atom. The molecule has 1 aliphatic heterocycles. The van der Waals surface area contributed by atoms with Crippen molar-refractivity contribution in [1.29, 1.82) is 0 Å². The Morgan fingerprint density at radius 1 is 1.22 bits per heavy atom. The summed E-state index contributed by atoms with van der Waals surface area (Å²) in [7, 11) is -3.39. The molecule has 3 rings (SSSR count). The number of aromatic nitrogens is 3. The second-order valence-electron chi connectivity index (χ2n) is 5.70. The van der Waals surface area contributed by atoms with E-state index in [1.165, 1.54) is 10.5 Å². The highest BCUT2D eigenvalue weighted by atomic mass is 32.2. The Morgan fingerprint density at radius 3 is 2.61 bits per heavy atom. The molecule has 2 aromatic rings. The standard InChI is InChI=1S/C15H21N5O2S/c1-13-10-18-19(12-13)9-6-16-15-5-4-14(11-17-15)23(21,22)20-7-2-3-8-20/h4-5,10-12H,2-3,6-9H2,1H3,(H,16,17). The highest BCUT2D eigenvalue weighted by Gasteiger charge is 2.27. The van der Waals surface area contributed by atoms with Crippen molar-refractivity contribution in [2.45, 2.75) is 31.2 Å². The number of hydrogen-bond acceptors (Lipinski definition) is 5. The van der Waals surface area contributed by atoms with Crippen LogP contribution >= 0.6 is 0 Å². The van der Waals surface area contributed by atoms with Crippen LogP contribution in [0.3, 0.4) is 0 Å². The van der Waals surface area contributed by atoms with Gasteiger partial charge in [-0.3, -0.25) is 4.68 Å². The van der Waals surface area contributed by atoms with Crippen LogP contribution in [-0.2, 0) is 16.6 Å². The van der Waals surface area contributed by atoms with Gasteiger partial charge >= 0.3 is 0 Å². The van der Waals surface area contributed by atoms with Crippen LogP contribution in [0.4, 0.5) is 5.82 Å². The molecule has 1 N–H and O–H groups in total. The van der Waals surface area contributed by atoms with E-state index in [9.17, 15) is 8.42 Å². The minimum atomic E-state index is -3.39. The number of nitrogens with zero attached hydrogens (tertiary/aromatic N) is 4. The van der Waals surface area contributed by atoms with E-state index < -0.39 is 10.0 Å². The summed E-state index contributed by atoms with van der Waals surface area (Å²) in [6.07, 6.45) is 7.07. The third-order valence-electron chi connectivity index (χ3n) is 3.85. The monoisotopic (exact) mass is 335 g/mol. The molecular weight excluding hydrogens is 314 g/mol. The predicted octanol–water partition coefficient (Wildman–Crippen LogP) is 1.48. The summed E-state index contributed by atoms with van der Waals surface area (Å²) in [6.45, 7) is 4.60. The van der Waals surface area contributed by atoms with Gasteiger partial charge in [0.05, 0.1) is 12.7 Å². The van der Waals surface area contributed by atoms with Crippen molar-refractivity contribution in [2.75, 3.05) is 25.0 Å². The van der Waals surface area contributed by atoms with Crippen LogP contribution in [0.5, 0.6) is 0 Å². The fraction of sp³-hybridized carbons (Fsp3) is 0.467. The van der Waals surface area contributed by atoms with E-state index in [4.69, 9.17) is 0 Å². The lowest BCUT2D eigenvalue weighted by Crippen LogP contribution is -2.27. The third kappa shape index (κ3) is 3.70. The van der Waals surface area contributed by atoms with Gasteiger partial charge in [0.25, 0.3) is 0 Å². The number of nitrogens with one attached hydrogen (secondary N) is 1. The molecule has 8 heteroatoms. The molecule has 0 atom stereocenters. The van der Waals surface area contributed by atoms with Gasteiger partial charge < -0.3 is 5.32 Å². The first-order chi connectivity index (χ1) is 11.1. The van der Waals surface area contributed by atoms with E-state index in [-0.39, 0.29) is 4.90 Å². The fourth-order valence-electron chi connectivity index (χ4n) is 2.60. The van der Waals surface area contributed by atoms with E-state index in [0.29, 0.717) is 25.5 Å². The number of rotatable bonds is 6. The fourth-order valence-corrected chi connectivity index (χ4v) is 4.07. The molecule has 23 heavy (non-hydrogen) atoms. The quantitative estimate of drug-likeness (QED) is 0.865. The molecule has 0 spiro atoms. The Hall–Kier alpha value is -1.93. The largest absolute Gasteiger partial charge is 0.368 e. The van der Waals surface area contributed by atoms with Crippen molar-refractivity contribution in [1.82, 2.24) is 19.1 Å². The van der Waals surface area contributed by atoms with Crippen molar-refractivity contribution >= 4 is 15.8 Å². The van der Waals surface area contributed by atoms with Gasteiger partial charge in [0.2, 0.25) is 10.0 Å². The molecule has 7 nitrogen and oxygen atoms in total. The Bertz CT molecular complexity index is 748. The van der Waals surface area contributed by atoms with E-state index in [1.54, 1.807) is 12.1 Å². The SMILES string of the molecule is Cc1cnn(CCNc2ccc(S(=O)(=O)N3CCCC3)cn2)c1. The molecule has 0 aromatic carbocycles. The van der Waals surface area contributed by atoms with Crippen LogP contribution in [0.25, 0.3) is 0 Å². The van der Waals surface area contributed by atoms with E-state index in [1.807, 2.05) is 24.0 Å². The van der Waals surface area contributed by atoms with Crippen molar-refractivity contribution in [3.8, 4) is 0 Å². The van der Waals surface area contributed by atoms with E-state index >= 15 is 0 Å². The predicted molar refractivity (Wildman–Crippen MR) is 87.7 cm³/mol. The Kier molecular flexibility index (Phi) is 4.63. The molecule has 1 fully saturated rings. The molecule has 124 valence electrons.